The van der Waals surface area contributed by atoms with E-state index in [0.717, 1.165) is 29.5 Å². The number of rotatable bonds is 16. The Hall–Kier alpha value is -3.12. The molecular formula is C30H37FN2O7S. The van der Waals surface area contributed by atoms with Gasteiger partial charge in [0.15, 0.2) is 5.60 Å². The molecule has 1 aromatic heterocycles. The number of hydrogen-bond donors (Lipinski definition) is 2. The summed E-state index contributed by atoms with van der Waals surface area (Å²) in [4.78, 5) is 24.0. The standard InChI is InChI=1S/C30H37FN2O7S/c1-30(2,29(35)36)39-16-15-38-14-13-37-12-11-33(41-4)24-18-25-23(17-22(24)19-5-6-19)26(28(34)32-3)27(40-25)20-7-9-21(31)10-8-20/h7-10,17-19H,5-6,11-16H2,1-4H3,(H,32,34)(H,35,36). The number of fused-ring (bicyclic) bond motifs is 1. The van der Waals surface area contributed by atoms with Crippen molar-refractivity contribution in [2.75, 3.05) is 57.2 Å². The maximum absolute atomic E-state index is 13.6. The first-order valence-corrected chi connectivity index (χ1v) is 14.8. The van der Waals surface area contributed by atoms with E-state index in [4.69, 9.17) is 23.7 Å². The number of furan rings is 1. The number of nitrogens with one attached hydrogen (secondary N) is 1. The molecule has 1 aliphatic carbocycles. The lowest BCUT2D eigenvalue weighted by molar-refractivity contribution is -0.162. The summed E-state index contributed by atoms with van der Waals surface area (Å²) in [6.45, 7) is 5.32. The minimum absolute atomic E-state index is 0.184. The van der Waals surface area contributed by atoms with Crippen LogP contribution in [0.25, 0.3) is 22.3 Å². The number of carboxylic acid groups (broad SMARTS) is 1. The van der Waals surface area contributed by atoms with Gasteiger partial charge in [-0.25, -0.2) is 9.18 Å². The summed E-state index contributed by atoms with van der Waals surface area (Å²) in [6.07, 6.45) is 4.17. The van der Waals surface area contributed by atoms with E-state index in [1.165, 1.54) is 26.0 Å². The van der Waals surface area contributed by atoms with Crippen LogP contribution in [-0.2, 0) is 19.0 Å². The number of halogens is 1. The molecule has 3 aromatic rings. The Morgan fingerprint density at radius 1 is 1.10 bits per heavy atom. The summed E-state index contributed by atoms with van der Waals surface area (Å²) in [5.41, 5.74) is 2.60. The zero-order valence-electron chi connectivity index (χ0n) is 23.8. The normalized spacial score (nSPS) is 13.5. The third-order valence-electron chi connectivity index (χ3n) is 6.92. The first-order chi connectivity index (χ1) is 19.7. The molecule has 11 heteroatoms. The highest BCUT2D eigenvalue weighted by Gasteiger charge is 2.31. The summed E-state index contributed by atoms with van der Waals surface area (Å²) in [5.74, 6) is -0.812. The summed E-state index contributed by atoms with van der Waals surface area (Å²) < 4.78 is 38.6. The highest BCUT2D eigenvalue weighted by Crippen LogP contribution is 2.48. The van der Waals surface area contributed by atoms with Gasteiger partial charge in [-0.1, -0.05) is 11.9 Å². The number of anilines is 1. The van der Waals surface area contributed by atoms with Crippen molar-refractivity contribution in [2.45, 2.75) is 38.2 Å². The van der Waals surface area contributed by atoms with Crippen LogP contribution in [0, 0.1) is 5.82 Å². The number of carbonyl (C=O) groups is 2. The predicted octanol–water partition coefficient (Wildman–Crippen LogP) is 5.47. The average Bonchev–Trinajstić information content (AvgIpc) is 3.73. The molecule has 41 heavy (non-hydrogen) atoms. The smallest absolute Gasteiger partial charge is 0.335 e. The quantitative estimate of drug-likeness (QED) is 0.166. The van der Waals surface area contributed by atoms with Crippen LogP contribution in [0.4, 0.5) is 10.1 Å². The van der Waals surface area contributed by atoms with Gasteiger partial charge < -0.3 is 33.4 Å². The third-order valence-corrected chi connectivity index (χ3v) is 7.74. The van der Waals surface area contributed by atoms with Crippen LogP contribution in [0.1, 0.15) is 48.5 Å². The molecule has 0 atom stereocenters. The summed E-state index contributed by atoms with van der Waals surface area (Å²) in [7, 11) is 1.58. The number of nitrogens with zero attached hydrogens (tertiary/aromatic N) is 1. The van der Waals surface area contributed by atoms with Gasteiger partial charge in [-0.3, -0.25) is 4.79 Å². The second kappa shape index (κ2) is 13.7. The lowest BCUT2D eigenvalue weighted by atomic mass is 10.0. The van der Waals surface area contributed by atoms with Crippen molar-refractivity contribution in [1.29, 1.82) is 0 Å². The molecule has 2 N–H and O–H groups in total. The minimum Gasteiger partial charge on any atom is -0.479 e. The molecule has 1 amide bonds. The van der Waals surface area contributed by atoms with E-state index in [0.29, 0.717) is 54.8 Å². The number of amides is 1. The van der Waals surface area contributed by atoms with Gasteiger partial charge in [0.25, 0.3) is 5.91 Å². The van der Waals surface area contributed by atoms with E-state index in [2.05, 4.69) is 15.7 Å². The molecule has 1 aliphatic rings. The Morgan fingerprint density at radius 3 is 2.37 bits per heavy atom. The van der Waals surface area contributed by atoms with E-state index in [1.54, 1.807) is 31.1 Å². The molecule has 0 unspecified atom stereocenters. The molecular weight excluding hydrogens is 551 g/mol. The number of benzene rings is 2. The number of aliphatic carboxylic acids is 1. The van der Waals surface area contributed by atoms with Gasteiger partial charge in [0, 0.05) is 30.3 Å². The van der Waals surface area contributed by atoms with Crippen molar-refractivity contribution >= 4 is 40.5 Å². The van der Waals surface area contributed by atoms with Crippen LogP contribution in [0.5, 0.6) is 0 Å². The van der Waals surface area contributed by atoms with Gasteiger partial charge >= 0.3 is 5.97 Å². The van der Waals surface area contributed by atoms with Gasteiger partial charge in [0.1, 0.15) is 17.2 Å². The van der Waals surface area contributed by atoms with Crippen molar-refractivity contribution in [3.05, 3.63) is 53.3 Å². The van der Waals surface area contributed by atoms with E-state index in [-0.39, 0.29) is 24.9 Å². The lowest BCUT2D eigenvalue weighted by Gasteiger charge is -2.24. The first-order valence-electron chi connectivity index (χ1n) is 13.6. The van der Waals surface area contributed by atoms with Crippen LogP contribution in [-0.4, -0.2) is 75.5 Å². The topological polar surface area (TPSA) is 110 Å². The third kappa shape index (κ3) is 7.59. The van der Waals surface area contributed by atoms with Gasteiger partial charge in [0.05, 0.1) is 50.8 Å². The molecule has 0 aliphatic heterocycles. The van der Waals surface area contributed by atoms with Gasteiger partial charge in [0.2, 0.25) is 0 Å². The number of carbonyl (C=O) groups excluding carboxylic acids is 1. The highest BCUT2D eigenvalue weighted by molar-refractivity contribution is 7.99. The second-order valence-electron chi connectivity index (χ2n) is 10.2. The SMILES string of the molecule is CNC(=O)c1c(-c2ccc(F)cc2)oc2cc(N(CCOCCOCCOC(C)(C)C(=O)O)SC)c(C3CC3)cc12. The zero-order valence-corrected chi connectivity index (χ0v) is 24.6. The molecule has 222 valence electrons. The molecule has 0 bridgehead atoms. The monoisotopic (exact) mass is 588 g/mol. The van der Waals surface area contributed by atoms with Crippen LogP contribution < -0.4 is 9.62 Å². The fourth-order valence-corrected chi connectivity index (χ4v) is 5.05. The van der Waals surface area contributed by atoms with Crippen LogP contribution >= 0.6 is 11.9 Å². The Morgan fingerprint density at radius 2 is 1.76 bits per heavy atom. The number of hydrogen-bond acceptors (Lipinski definition) is 8. The Kier molecular flexibility index (Phi) is 10.3. The van der Waals surface area contributed by atoms with Crippen molar-refractivity contribution in [2.24, 2.45) is 0 Å². The second-order valence-corrected chi connectivity index (χ2v) is 11.1. The molecule has 1 fully saturated rings. The van der Waals surface area contributed by atoms with Crippen molar-refractivity contribution < 1.29 is 37.7 Å². The van der Waals surface area contributed by atoms with E-state index < -0.39 is 11.6 Å². The predicted molar refractivity (Wildman–Crippen MR) is 157 cm³/mol. The average molecular weight is 589 g/mol. The summed E-state index contributed by atoms with van der Waals surface area (Å²) >= 11 is 1.59. The summed E-state index contributed by atoms with van der Waals surface area (Å²) in [6, 6.07) is 9.98. The highest BCUT2D eigenvalue weighted by atomic mass is 32.2. The van der Waals surface area contributed by atoms with Gasteiger partial charge in [-0.05, 0) is 68.5 Å². The van der Waals surface area contributed by atoms with E-state index >= 15 is 0 Å². The maximum Gasteiger partial charge on any atom is 0.335 e. The van der Waals surface area contributed by atoms with Crippen LogP contribution in [0.2, 0.25) is 0 Å². The van der Waals surface area contributed by atoms with Crippen LogP contribution in [0.3, 0.4) is 0 Å². The molecule has 0 radical (unpaired) electrons. The largest absolute Gasteiger partial charge is 0.479 e. The Labute approximate surface area is 243 Å². The van der Waals surface area contributed by atoms with Crippen LogP contribution in [0.15, 0.2) is 40.8 Å². The van der Waals surface area contributed by atoms with Crippen molar-refractivity contribution in [1.82, 2.24) is 5.32 Å². The fourth-order valence-electron chi connectivity index (χ4n) is 4.44. The van der Waals surface area contributed by atoms with Crippen molar-refractivity contribution in [3.63, 3.8) is 0 Å². The Balaban J connectivity index is 1.43. The molecule has 1 saturated carbocycles. The molecule has 4 rings (SSSR count). The molecule has 0 spiro atoms. The molecule has 9 nitrogen and oxygen atoms in total. The zero-order chi connectivity index (χ0) is 29.6. The molecule has 2 aromatic carbocycles. The van der Waals surface area contributed by atoms with Gasteiger partial charge in [-0.15, -0.1) is 0 Å². The van der Waals surface area contributed by atoms with E-state index in [1.807, 2.05) is 12.3 Å². The van der Waals surface area contributed by atoms with E-state index in [9.17, 15) is 14.0 Å². The first kappa shape index (κ1) is 30.8. The number of carboxylic acids is 1. The minimum atomic E-state index is -1.24. The Bertz CT molecular complexity index is 1360. The molecule has 0 saturated heterocycles. The number of ether oxygens (including phenoxy) is 3. The van der Waals surface area contributed by atoms with Crippen molar-refractivity contribution in [3.8, 4) is 11.3 Å². The summed E-state index contributed by atoms with van der Waals surface area (Å²) in [5, 5.41) is 12.5. The molecule has 1 heterocycles. The fraction of sp³-hybridized carbons (Fsp3) is 0.467. The van der Waals surface area contributed by atoms with Gasteiger partial charge in [-0.2, -0.15) is 0 Å². The lowest BCUT2D eigenvalue weighted by Crippen LogP contribution is -2.35. The maximum atomic E-state index is 13.6.